The number of fused-ring (bicyclic) bond motifs is 1. The maximum Gasteiger partial charge on any atom is 0.226 e. The van der Waals surface area contributed by atoms with Crippen molar-refractivity contribution in [2.75, 3.05) is 7.05 Å². The molecule has 0 spiro atoms. The maximum absolute atomic E-state index is 11.2. The number of hydrogen-bond acceptors (Lipinski definition) is 3. The van der Waals surface area contributed by atoms with E-state index >= 15 is 0 Å². The van der Waals surface area contributed by atoms with E-state index in [1.54, 1.807) is 18.4 Å². The number of nitrogens with one attached hydrogen (secondary N) is 1. The van der Waals surface area contributed by atoms with Crippen LogP contribution in [0.3, 0.4) is 0 Å². The normalized spacial score (nSPS) is 10.5. The molecule has 78 valence electrons. The van der Waals surface area contributed by atoms with Crippen molar-refractivity contribution in [2.45, 2.75) is 13.3 Å². The summed E-state index contributed by atoms with van der Waals surface area (Å²) in [5.41, 5.74) is 2.20. The second-order valence-corrected chi connectivity index (χ2v) is 4.54. The van der Waals surface area contributed by atoms with Crippen LogP contribution in [0.2, 0.25) is 0 Å². The summed E-state index contributed by atoms with van der Waals surface area (Å²) in [6.07, 6.45) is 0.370. The molecule has 0 aliphatic heterocycles. The minimum atomic E-state index is 0.00535. The molecule has 0 aliphatic carbocycles. The summed E-state index contributed by atoms with van der Waals surface area (Å²) in [6.45, 7) is 2.05. The number of likely N-dealkylation sites (N-methyl/N-ethyl adjacent to an activating group) is 1. The van der Waals surface area contributed by atoms with Crippen molar-refractivity contribution < 1.29 is 4.79 Å². The second-order valence-electron chi connectivity index (χ2n) is 3.43. The Bertz CT molecular complexity index is 504. The Morgan fingerprint density at radius 3 is 3.07 bits per heavy atom. The molecule has 0 fully saturated rings. The number of carbonyl (C=O) groups excluding carboxylic acids is 1. The Kier molecular flexibility index (Phi) is 2.68. The van der Waals surface area contributed by atoms with E-state index in [0.29, 0.717) is 6.42 Å². The number of nitrogens with zero attached hydrogens (tertiary/aromatic N) is 1. The van der Waals surface area contributed by atoms with E-state index < -0.39 is 0 Å². The van der Waals surface area contributed by atoms with Crippen molar-refractivity contribution in [3.63, 3.8) is 0 Å². The number of benzene rings is 1. The van der Waals surface area contributed by atoms with E-state index in [2.05, 4.69) is 23.3 Å². The third kappa shape index (κ3) is 2.15. The zero-order chi connectivity index (χ0) is 10.8. The zero-order valence-electron chi connectivity index (χ0n) is 8.70. The molecule has 2 aromatic rings. The van der Waals surface area contributed by atoms with Gasteiger partial charge in [-0.3, -0.25) is 4.79 Å². The Hall–Kier alpha value is -1.42. The van der Waals surface area contributed by atoms with Crippen LogP contribution in [-0.4, -0.2) is 17.9 Å². The van der Waals surface area contributed by atoms with Gasteiger partial charge in [0.05, 0.1) is 16.6 Å². The SMILES string of the molecule is CNC(=O)Cc1nc2ccc(C)cc2s1. The lowest BCUT2D eigenvalue weighted by Crippen LogP contribution is -2.19. The quantitative estimate of drug-likeness (QED) is 0.839. The Morgan fingerprint density at radius 2 is 2.33 bits per heavy atom. The number of amides is 1. The fraction of sp³-hybridized carbons (Fsp3) is 0.273. The van der Waals surface area contributed by atoms with Gasteiger partial charge in [0, 0.05) is 7.05 Å². The van der Waals surface area contributed by atoms with Crippen LogP contribution >= 0.6 is 11.3 Å². The summed E-state index contributed by atoms with van der Waals surface area (Å²) >= 11 is 1.58. The predicted octanol–water partition coefficient (Wildman–Crippen LogP) is 1.89. The Morgan fingerprint density at radius 1 is 1.53 bits per heavy atom. The van der Waals surface area contributed by atoms with Gasteiger partial charge in [-0.05, 0) is 24.6 Å². The largest absolute Gasteiger partial charge is 0.359 e. The highest BCUT2D eigenvalue weighted by Crippen LogP contribution is 2.23. The number of aromatic nitrogens is 1. The lowest BCUT2D eigenvalue weighted by molar-refractivity contribution is -0.119. The number of carbonyl (C=O) groups is 1. The molecule has 1 N–H and O–H groups in total. The molecule has 1 aromatic heterocycles. The molecule has 2 rings (SSSR count). The maximum atomic E-state index is 11.2. The molecular weight excluding hydrogens is 208 g/mol. The highest BCUT2D eigenvalue weighted by Gasteiger charge is 2.07. The predicted molar refractivity (Wildman–Crippen MR) is 62.1 cm³/mol. The lowest BCUT2D eigenvalue weighted by Gasteiger charge is -1.93. The molecule has 0 saturated heterocycles. The van der Waals surface area contributed by atoms with Gasteiger partial charge in [0.15, 0.2) is 0 Å². The summed E-state index contributed by atoms with van der Waals surface area (Å²) < 4.78 is 1.15. The van der Waals surface area contributed by atoms with E-state index in [4.69, 9.17) is 0 Å². The van der Waals surface area contributed by atoms with Gasteiger partial charge in [0.1, 0.15) is 5.01 Å². The standard InChI is InChI=1S/C11H12N2OS/c1-7-3-4-8-9(5-7)15-11(13-8)6-10(14)12-2/h3-5H,6H2,1-2H3,(H,12,14). The van der Waals surface area contributed by atoms with Crippen molar-refractivity contribution in [3.05, 3.63) is 28.8 Å². The van der Waals surface area contributed by atoms with Gasteiger partial charge in [0.2, 0.25) is 5.91 Å². The van der Waals surface area contributed by atoms with Crippen LogP contribution in [-0.2, 0) is 11.2 Å². The Labute approximate surface area is 92.1 Å². The van der Waals surface area contributed by atoms with Gasteiger partial charge in [-0.15, -0.1) is 11.3 Å². The first-order valence-corrected chi connectivity index (χ1v) is 5.57. The number of rotatable bonds is 2. The fourth-order valence-electron chi connectivity index (χ4n) is 1.38. The van der Waals surface area contributed by atoms with Crippen molar-refractivity contribution >= 4 is 27.5 Å². The zero-order valence-corrected chi connectivity index (χ0v) is 9.52. The molecule has 0 bridgehead atoms. The highest BCUT2D eigenvalue weighted by molar-refractivity contribution is 7.18. The minimum absolute atomic E-state index is 0.00535. The summed E-state index contributed by atoms with van der Waals surface area (Å²) in [6, 6.07) is 6.13. The van der Waals surface area contributed by atoms with Crippen LogP contribution in [0.4, 0.5) is 0 Å². The van der Waals surface area contributed by atoms with Crippen molar-refractivity contribution in [1.29, 1.82) is 0 Å². The first-order valence-electron chi connectivity index (χ1n) is 4.75. The highest BCUT2D eigenvalue weighted by atomic mass is 32.1. The first kappa shape index (κ1) is 10.1. The molecular formula is C11H12N2OS. The van der Waals surface area contributed by atoms with Crippen molar-refractivity contribution in [1.82, 2.24) is 10.3 Å². The van der Waals surface area contributed by atoms with Crippen LogP contribution in [0.5, 0.6) is 0 Å². The van der Waals surface area contributed by atoms with Gasteiger partial charge in [-0.25, -0.2) is 4.98 Å². The van der Waals surface area contributed by atoms with Gasteiger partial charge >= 0.3 is 0 Å². The molecule has 0 aliphatic rings. The van der Waals surface area contributed by atoms with Gasteiger partial charge in [0.25, 0.3) is 0 Å². The van der Waals surface area contributed by atoms with Crippen LogP contribution < -0.4 is 5.32 Å². The molecule has 0 unspecified atom stereocenters. The first-order chi connectivity index (χ1) is 7.19. The van der Waals surface area contributed by atoms with Gasteiger partial charge < -0.3 is 5.32 Å². The number of hydrogen-bond donors (Lipinski definition) is 1. The van der Waals surface area contributed by atoms with E-state index in [9.17, 15) is 4.79 Å². The van der Waals surface area contributed by atoms with E-state index in [1.165, 1.54) is 5.56 Å². The van der Waals surface area contributed by atoms with Gasteiger partial charge in [-0.1, -0.05) is 6.07 Å². The summed E-state index contributed by atoms with van der Waals surface area (Å²) in [7, 11) is 1.64. The molecule has 0 saturated carbocycles. The molecule has 4 heteroatoms. The lowest BCUT2D eigenvalue weighted by atomic mass is 10.2. The molecule has 3 nitrogen and oxygen atoms in total. The average molecular weight is 220 g/mol. The number of aryl methyl sites for hydroxylation is 1. The number of thiazole rings is 1. The second kappa shape index (κ2) is 3.98. The van der Waals surface area contributed by atoms with Crippen LogP contribution in [0, 0.1) is 6.92 Å². The molecule has 1 amide bonds. The molecule has 0 atom stereocenters. The average Bonchev–Trinajstić information content (AvgIpc) is 2.59. The Balaban J connectivity index is 2.34. The van der Waals surface area contributed by atoms with E-state index in [-0.39, 0.29) is 5.91 Å². The molecule has 15 heavy (non-hydrogen) atoms. The molecule has 1 heterocycles. The summed E-state index contributed by atoms with van der Waals surface area (Å²) in [5, 5.41) is 3.47. The monoisotopic (exact) mass is 220 g/mol. The molecule has 1 aromatic carbocycles. The van der Waals surface area contributed by atoms with Crippen molar-refractivity contribution in [3.8, 4) is 0 Å². The summed E-state index contributed by atoms with van der Waals surface area (Å²) in [5.74, 6) is 0.00535. The smallest absolute Gasteiger partial charge is 0.226 e. The minimum Gasteiger partial charge on any atom is -0.359 e. The molecule has 0 radical (unpaired) electrons. The summed E-state index contributed by atoms with van der Waals surface area (Å²) in [4.78, 5) is 15.6. The van der Waals surface area contributed by atoms with Crippen molar-refractivity contribution in [2.24, 2.45) is 0 Å². The van der Waals surface area contributed by atoms with E-state index in [1.807, 2.05) is 12.1 Å². The third-order valence-electron chi connectivity index (χ3n) is 2.18. The van der Waals surface area contributed by atoms with Crippen LogP contribution in [0.15, 0.2) is 18.2 Å². The van der Waals surface area contributed by atoms with Gasteiger partial charge in [-0.2, -0.15) is 0 Å². The third-order valence-corrected chi connectivity index (χ3v) is 3.20. The van der Waals surface area contributed by atoms with Crippen LogP contribution in [0.25, 0.3) is 10.2 Å². The van der Waals surface area contributed by atoms with E-state index in [0.717, 1.165) is 15.2 Å². The topological polar surface area (TPSA) is 42.0 Å². The fourth-order valence-corrected chi connectivity index (χ4v) is 2.45. The van der Waals surface area contributed by atoms with Crippen LogP contribution in [0.1, 0.15) is 10.6 Å².